The molecule has 0 heterocycles. The van der Waals surface area contributed by atoms with Crippen molar-refractivity contribution < 1.29 is 0 Å². The predicted octanol–water partition coefficient (Wildman–Crippen LogP) is 3.43. The number of hydrogen-bond acceptors (Lipinski definition) is 0. The summed E-state index contributed by atoms with van der Waals surface area (Å²) in [7, 11) is 0. The summed E-state index contributed by atoms with van der Waals surface area (Å²) < 4.78 is 0. The highest BCUT2D eigenvalue weighted by Gasteiger charge is 2.03. The molecular formula is C11H15. The Kier molecular flexibility index (Phi) is 3.74. The van der Waals surface area contributed by atoms with Gasteiger partial charge in [0.25, 0.3) is 0 Å². The second-order valence-electron chi connectivity index (χ2n) is 2.76. The Morgan fingerprint density at radius 3 is 3.00 bits per heavy atom. The van der Waals surface area contributed by atoms with E-state index in [4.69, 9.17) is 0 Å². The summed E-state index contributed by atoms with van der Waals surface area (Å²) in [5.74, 6) is 1.55. The molecule has 0 bridgehead atoms. The first-order valence-corrected chi connectivity index (χ1v) is 4.22. The van der Waals surface area contributed by atoms with Gasteiger partial charge in [-0.2, -0.15) is 0 Å². The molecule has 0 aromatic heterocycles. The summed E-state index contributed by atoms with van der Waals surface area (Å²) in [4.78, 5) is 0. The third-order valence-electron chi connectivity index (χ3n) is 1.83. The number of rotatable bonds is 3. The lowest BCUT2D eigenvalue weighted by atomic mass is 9.96. The van der Waals surface area contributed by atoms with Gasteiger partial charge in [0.2, 0.25) is 0 Å². The third-order valence-corrected chi connectivity index (χ3v) is 1.83. The summed E-state index contributed by atoms with van der Waals surface area (Å²) in [5.41, 5.74) is 0. The van der Waals surface area contributed by atoms with Crippen molar-refractivity contribution in [3.63, 3.8) is 0 Å². The van der Waals surface area contributed by atoms with Crippen molar-refractivity contribution in [1.29, 1.82) is 0 Å². The molecule has 0 spiro atoms. The van der Waals surface area contributed by atoms with E-state index >= 15 is 0 Å². The molecule has 0 aliphatic heterocycles. The van der Waals surface area contributed by atoms with Gasteiger partial charge in [0.15, 0.2) is 0 Å². The van der Waals surface area contributed by atoms with Gasteiger partial charge in [-0.3, -0.25) is 0 Å². The highest BCUT2D eigenvalue weighted by molar-refractivity contribution is 5.23. The van der Waals surface area contributed by atoms with Crippen LogP contribution >= 0.6 is 0 Å². The fourth-order valence-electron chi connectivity index (χ4n) is 1.18. The van der Waals surface area contributed by atoms with E-state index in [0.717, 1.165) is 6.42 Å². The Morgan fingerprint density at radius 1 is 1.45 bits per heavy atom. The molecule has 0 atom stereocenters. The summed E-state index contributed by atoms with van der Waals surface area (Å²) in [5, 5.41) is 0. The largest absolute Gasteiger partial charge is 0.0917 e. The zero-order chi connectivity index (χ0) is 7.94. The number of allylic oxidation sites excluding steroid dienone is 6. The minimum absolute atomic E-state index is 1.15. The molecule has 1 radical (unpaired) electrons. The van der Waals surface area contributed by atoms with Crippen molar-refractivity contribution in [2.24, 2.45) is 0 Å². The van der Waals surface area contributed by atoms with E-state index in [2.05, 4.69) is 43.4 Å². The van der Waals surface area contributed by atoms with Crippen molar-refractivity contribution in [3.05, 3.63) is 42.4 Å². The Hall–Kier alpha value is -0.780. The van der Waals surface area contributed by atoms with E-state index in [-0.39, 0.29) is 0 Å². The van der Waals surface area contributed by atoms with Crippen LogP contribution < -0.4 is 0 Å². The van der Waals surface area contributed by atoms with Gasteiger partial charge in [-0.1, -0.05) is 36.5 Å². The van der Waals surface area contributed by atoms with Crippen LogP contribution in [0.1, 0.15) is 26.2 Å². The molecule has 1 rings (SSSR count). The molecule has 0 unspecified atom stereocenters. The van der Waals surface area contributed by atoms with Crippen molar-refractivity contribution in [2.45, 2.75) is 26.2 Å². The van der Waals surface area contributed by atoms with Crippen molar-refractivity contribution in [1.82, 2.24) is 0 Å². The smallest absolute Gasteiger partial charge is 0.00165 e. The molecule has 0 N–H and O–H groups in total. The lowest BCUT2D eigenvalue weighted by Gasteiger charge is -2.09. The topological polar surface area (TPSA) is 0 Å². The lowest BCUT2D eigenvalue weighted by molar-refractivity contribution is 0.846. The minimum Gasteiger partial charge on any atom is -0.0917 e. The van der Waals surface area contributed by atoms with Gasteiger partial charge in [0.05, 0.1) is 0 Å². The van der Waals surface area contributed by atoms with Crippen LogP contribution in [0.25, 0.3) is 0 Å². The van der Waals surface area contributed by atoms with Crippen LogP contribution in [0.3, 0.4) is 0 Å². The maximum atomic E-state index is 2.23. The molecule has 1 aliphatic rings. The number of hydrogen-bond donors (Lipinski definition) is 0. The molecule has 0 amide bonds. The summed E-state index contributed by atoms with van der Waals surface area (Å²) >= 11 is 0. The first kappa shape index (κ1) is 8.32. The van der Waals surface area contributed by atoms with Crippen LogP contribution in [0.15, 0.2) is 36.5 Å². The lowest BCUT2D eigenvalue weighted by Crippen LogP contribution is -1.93. The van der Waals surface area contributed by atoms with Gasteiger partial charge in [0.1, 0.15) is 0 Å². The van der Waals surface area contributed by atoms with Crippen LogP contribution in [-0.4, -0.2) is 0 Å². The predicted molar refractivity (Wildman–Crippen MR) is 50.2 cm³/mol. The first-order valence-electron chi connectivity index (χ1n) is 4.22. The highest BCUT2D eigenvalue weighted by Crippen LogP contribution is 2.19. The van der Waals surface area contributed by atoms with Crippen molar-refractivity contribution in [2.75, 3.05) is 0 Å². The molecule has 0 heteroatoms. The van der Waals surface area contributed by atoms with E-state index in [1.807, 2.05) is 0 Å². The van der Waals surface area contributed by atoms with Gasteiger partial charge in [-0.15, -0.1) is 0 Å². The average Bonchev–Trinajstić information content (AvgIpc) is 2.07. The van der Waals surface area contributed by atoms with Gasteiger partial charge in [0, 0.05) is 5.92 Å². The van der Waals surface area contributed by atoms with Crippen molar-refractivity contribution in [3.8, 4) is 0 Å². The summed E-state index contributed by atoms with van der Waals surface area (Å²) in [6.45, 7) is 2.07. The fourth-order valence-corrected chi connectivity index (χ4v) is 1.18. The molecule has 0 fully saturated rings. The fraction of sp³-hybridized carbons (Fsp3) is 0.364. The van der Waals surface area contributed by atoms with Crippen LogP contribution in [0.4, 0.5) is 0 Å². The second kappa shape index (κ2) is 4.95. The van der Waals surface area contributed by atoms with Crippen molar-refractivity contribution >= 4 is 0 Å². The van der Waals surface area contributed by atoms with Crippen LogP contribution in [0.5, 0.6) is 0 Å². The maximum Gasteiger partial charge on any atom is 0.00165 e. The quantitative estimate of drug-likeness (QED) is 0.536. The standard InChI is InChI=1S/C11H15/c1-2-3-5-8-11-9-6-4-7-10-11/h2-4,6-7,9H,5,8,10H2,1H3/b3-2+. The normalized spacial score (nSPS) is 18.3. The van der Waals surface area contributed by atoms with E-state index in [9.17, 15) is 0 Å². The molecule has 0 saturated heterocycles. The minimum atomic E-state index is 1.15. The van der Waals surface area contributed by atoms with E-state index < -0.39 is 0 Å². The molecule has 0 nitrogen and oxygen atoms in total. The Morgan fingerprint density at radius 2 is 2.36 bits per heavy atom. The van der Waals surface area contributed by atoms with E-state index in [0.29, 0.717) is 0 Å². The Bertz CT molecular complexity index is 172. The van der Waals surface area contributed by atoms with Crippen LogP contribution in [-0.2, 0) is 0 Å². The van der Waals surface area contributed by atoms with Crippen LogP contribution in [0.2, 0.25) is 0 Å². The molecular weight excluding hydrogens is 132 g/mol. The highest BCUT2D eigenvalue weighted by atomic mass is 14.1. The zero-order valence-corrected chi connectivity index (χ0v) is 7.09. The Balaban J connectivity index is 2.17. The van der Waals surface area contributed by atoms with E-state index in [1.165, 1.54) is 12.8 Å². The first-order chi connectivity index (χ1) is 5.43. The summed E-state index contributed by atoms with van der Waals surface area (Å²) in [6, 6.07) is 0. The SMILES string of the molecule is C/C=C/CC[C]1C=CC=CC1. The summed E-state index contributed by atoms with van der Waals surface area (Å²) in [6.07, 6.45) is 16.5. The molecule has 59 valence electrons. The zero-order valence-electron chi connectivity index (χ0n) is 7.09. The molecule has 1 aliphatic carbocycles. The van der Waals surface area contributed by atoms with Gasteiger partial charge >= 0.3 is 0 Å². The third kappa shape index (κ3) is 3.22. The molecule has 0 aromatic rings. The maximum absolute atomic E-state index is 2.23. The van der Waals surface area contributed by atoms with Crippen LogP contribution in [0, 0.1) is 5.92 Å². The molecule has 11 heavy (non-hydrogen) atoms. The average molecular weight is 147 g/mol. The molecule has 0 saturated carbocycles. The monoisotopic (exact) mass is 147 g/mol. The van der Waals surface area contributed by atoms with Gasteiger partial charge in [-0.05, 0) is 26.2 Å². The van der Waals surface area contributed by atoms with Gasteiger partial charge < -0.3 is 0 Å². The van der Waals surface area contributed by atoms with E-state index in [1.54, 1.807) is 5.92 Å². The Labute approximate surface area is 69.3 Å². The van der Waals surface area contributed by atoms with Gasteiger partial charge in [-0.25, -0.2) is 0 Å². The molecule has 0 aromatic carbocycles. The second-order valence-corrected chi connectivity index (χ2v) is 2.76.